The number of hydrogen-bond donors (Lipinski definition) is 1. The fourth-order valence-corrected chi connectivity index (χ4v) is 1.47. The van der Waals surface area contributed by atoms with Crippen molar-refractivity contribution in [2.75, 3.05) is 11.9 Å². The first-order valence-electron chi connectivity index (χ1n) is 5.32. The standard InChI is InChI=1S/C12H13ClN2O2/c1-2-16-11-5-3-9(4-6-11)14-12-15-10(7-13)8-17-12/h3-6,8H,2,7H2,1H3,(H,14,15). The number of ether oxygens (including phenoxy) is 1. The van der Waals surface area contributed by atoms with Gasteiger partial charge in [-0.05, 0) is 31.2 Å². The SMILES string of the molecule is CCOc1ccc(Nc2nc(CCl)co2)cc1. The molecule has 5 heteroatoms. The van der Waals surface area contributed by atoms with Gasteiger partial charge in [0.15, 0.2) is 0 Å². The second kappa shape index (κ2) is 5.59. The van der Waals surface area contributed by atoms with Gasteiger partial charge in [0, 0.05) is 5.69 Å². The van der Waals surface area contributed by atoms with Gasteiger partial charge in [0.25, 0.3) is 6.01 Å². The van der Waals surface area contributed by atoms with Gasteiger partial charge in [-0.3, -0.25) is 0 Å². The number of aromatic nitrogens is 1. The molecule has 0 aliphatic heterocycles. The average molecular weight is 253 g/mol. The molecule has 0 aliphatic rings. The molecule has 4 nitrogen and oxygen atoms in total. The van der Waals surface area contributed by atoms with E-state index in [1.54, 1.807) is 0 Å². The van der Waals surface area contributed by atoms with Crippen LogP contribution in [0.5, 0.6) is 5.75 Å². The zero-order valence-corrected chi connectivity index (χ0v) is 10.2. The molecular weight excluding hydrogens is 240 g/mol. The molecule has 2 aromatic rings. The van der Waals surface area contributed by atoms with Gasteiger partial charge >= 0.3 is 0 Å². The first-order valence-corrected chi connectivity index (χ1v) is 5.85. The van der Waals surface area contributed by atoms with E-state index in [1.165, 1.54) is 6.26 Å². The number of anilines is 2. The van der Waals surface area contributed by atoms with Crippen LogP contribution in [0.4, 0.5) is 11.7 Å². The summed E-state index contributed by atoms with van der Waals surface area (Å²) in [5.41, 5.74) is 1.59. The maximum absolute atomic E-state index is 5.63. The number of hydrogen-bond acceptors (Lipinski definition) is 4. The van der Waals surface area contributed by atoms with Crippen LogP contribution in [0.3, 0.4) is 0 Å². The van der Waals surface area contributed by atoms with Gasteiger partial charge in [0.1, 0.15) is 12.0 Å². The molecule has 1 aromatic carbocycles. The molecule has 0 fully saturated rings. The number of halogens is 1. The van der Waals surface area contributed by atoms with Crippen LogP contribution < -0.4 is 10.1 Å². The number of rotatable bonds is 5. The van der Waals surface area contributed by atoms with Crippen molar-refractivity contribution in [2.24, 2.45) is 0 Å². The Morgan fingerprint density at radius 1 is 1.35 bits per heavy atom. The fraction of sp³-hybridized carbons (Fsp3) is 0.250. The molecule has 2 rings (SSSR count). The minimum Gasteiger partial charge on any atom is -0.494 e. The van der Waals surface area contributed by atoms with Crippen LogP contribution in [0, 0.1) is 0 Å². The Morgan fingerprint density at radius 3 is 2.71 bits per heavy atom. The first kappa shape index (κ1) is 11.8. The maximum atomic E-state index is 5.63. The normalized spacial score (nSPS) is 10.2. The van der Waals surface area contributed by atoms with E-state index >= 15 is 0 Å². The van der Waals surface area contributed by atoms with E-state index in [-0.39, 0.29) is 0 Å². The Hall–Kier alpha value is -1.68. The minimum atomic E-state index is 0.342. The van der Waals surface area contributed by atoms with Crippen molar-refractivity contribution >= 4 is 23.3 Å². The van der Waals surface area contributed by atoms with Crippen LogP contribution in [0.1, 0.15) is 12.6 Å². The van der Waals surface area contributed by atoms with Crippen LogP contribution in [0.25, 0.3) is 0 Å². The Balaban J connectivity index is 2.03. The van der Waals surface area contributed by atoms with E-state index in [2.05, 4.69) is 10.3 Å². The van der Waals surface area contributed by atoms with Crippen LogP contribution >= 0.6 is 11.6 Å². The van der Waals surface area contributed by atoms with Crippen molar-refractivity contribution in [2.45, 2.75) is 12.8 Å². The lowest BCUT2D eigenvalue weighted by Crippen LogP contribution is -1.93. The largest absolute Gasteiger partial charge is 0.494 e. The monoisotopic (exact) mass is 252 g/mol. The van der Waals surface area contributed by atoms with E-state index in [9.17, 15) is 0 Å². The molecule has 0 amide bonds. The van der Waals surface area contributed by atoms with Crippen molar-refractivity contribution in [1.82, 2.24) is 4.98 Å². The molecule has 1 heterocycles. The Bertz CT molecular complexity index is 468. The molecule has 1 N–H and O–H groups in total. The third-order valence-corrected chi connectivity index (χ3v) is 2.38. The van der Waals surface area contributed by atoms with Gasteiger partial charge in [0.05, 0.1) is 18.2 Å². The van der Waals surface area contributed by atoms with Crippen molar-refractivity contribution in [1.29, 1.82) is 0 Å². The van der Waals surface area contributed by atoms with Crippen molar-refractivity contribution in [3.8, 4) is 5.75 Å². The molecule has 0 aliphatic carbocycles. The number of oxazole rings is 1. The molecule has 0 spiro atoms. The third-order valence-electron chi connectivity index (χ3n) is 2.11. The minimum absolute atomic E-state index is 0.342. The maximum Gasteiger partial charge on any atom is 0.299 e. The Labute approximate surface area is 105 Å². The summed E-state index contributed by atoms with van der Waals surface area (Å²) < 4.78 is 10.5. The summed E-state index contributed by atoms with van der Waals surface area (Å²) in [6, 6.07) is 8.00. The lowest BCUT2D eigenvalue weighted by atomic mass is 10.3. The number of alkyl halides is 1. The van der Waals surface area contributed by atoms with Gasteiger partial charge in [-0.15, -0.1) is 11.6 Å². The zero-order chi connectivity index (χ0) is 12.1. The lowest BCUT2D eigenvalue weighted by Gasteiger charge is -2.04. The van der Waals surface area contributed by atoms with E-state index < -0.39 is 0 Å². The van der Waals surface area contributed by atoms with Crippen LogP contribution in [-0.2, 0) is 5.88 Å². The summed E-state index contributed by atoms with van der Waals surface area (Å²) in [7, 11) is 0. The average Bonchev–Trinajstić information content (AvgIpc) is 2.80. The molecule has 0 saturated carbocycles. The number of nitrogens with zero attached hydrogens (tertiary/aromatic N) is 1. The smallest absolute Gasteiger partial charge is 0.299 e. The number of nitrogens with one attached hydrogen (secondary N) is 1. The zero-order valence-electron chi connectivity index (χ0n) is 9.44. The molecule has 0 atom stereocenters. The molecule has 0 saturated heterocycles. The lowest BCUT2D eigenvalue weighted by molar-refractivity contribution is 0.340. The summed E-state index contributed by atoms with van der Waals surface area (Å²) in [5, 5.41) is 3.04. The van der Waals surface area contributed by atoms with Crippen molar-refractivity contribution < 1.29 is 9.15 Å². The quantitative estimate of drug-likeness (QED) is 0.827. The molecule has 1 aromatic heterocycles. The second-order valence-electron chi connectivity index (χ2n) is 3.36. The van der Waals surface area contributed by atoms with E-state index in [4.69, 9.17) is 20.8 Å². The summed E-state index contributed by atoms with van der Waals surface area (Å²) in [6.07, 6.45) is 1.53. The van der Waals surface area contributed by atoms with Gasteiger partial charge in [-0.25, -0.2) is 0 Å². The van der Waals surface area contributed by atoms with Crippen LogP contribution in [0.15, 0.2) is 34.9 Å². The Morgan fingerprint density at radius 2 is 2.12 bits per heavy atom. The van der Waals surface area contributed by atoms with E-state index in [0.717, 1.165) is 11.4 Å². The first-order chi connectivity index (χ1) is 8.31. The van der Waals surface area contributed by atoms with Gasteiger partial charge in [-0.1, -0.05) is 0 Å². The highest BCUT2D eigenvalue weighted by molar-refractivity contribution is 6.16. The molecule has 0 bridgehead atoms. The molecular formula is C12H13ClN2O2. The van der Waals surface area contributed by atoms with E-state index in [0.29, 0.717) is 24.2 Å². The summed E-state index contributed by atoms with van der Waals surface area (Å²) in [6.45, 7) is 2.61. The molecule has 17 heavy (non-hydrogen) atoms. The number of benzene rings is 1. The second-order valence-corrected chi connectivity index (χ2v) is 3.63. The summed E-state index contributed by atoms with van der Waals surface area (Å²) in [5.74, 6) is 1.18. The predicted molar refractivity (Wildman–Crippen MR) is 67.0 cm³/mol. The third kappa shape index (κ3) is 3.14. The predicted octanol–water partition coefficient (Wildman–Crippen LogP) is 3.56. The highest BCUT2D eigenvalue weighted by Gasteiger charge is 2.03. The fourth-order valence-electron chi connectivity index (χ4n) is 1.35. The van der Waals surface area contributed by atoms with Gasteiger partial charge in [0.2, 0.25) is 0 Å². The van der Waals surface area contributed by atoms with E-state index in [1.807, 2.05) is 31.2 Å². The van der Waals surface area contributed by atoms with Crippen molar-refractivity contribution in [3.63, 3.8) is 0 Å². The highest BCUT2D eigenvalue weighted by Crippen LogP contribution is 2.20. The van der Waals surface area contributed by atoms with Gasteiger partial charge in [-0.2, -0.15) is 4.98 Å². The summed E-state index contributed by atoms with van der Waals surface area (Å²) in [4.78, 5) is 4.14. The van der Waals surface area contributed by atoms with Crippen LogP contribution in [-0.4, -0.2) is 11.6 Å². The Kier molecular flexibility index (Phi) is 3.88. The molecule has 0 radical (unpaired) electrons. The van der Waals surface area contributed by atoms with Crippen LogP contribution in [0.2, 0.25) is 0 Å². The molecule has 90 valence electrons. The molecule has 0 unspecified atom stereocenters. The topological polar surface area (TPSA) is 47.3 Å². The van der Waals surface area contributed by atoms with Crippen molar-refractivity contribution in [3.05, 3.63) is 36.2 Å². The highest BCUT2D eigenvalue weighted by atomic mass is 35.5. The van der Waals surface area contributed by atoms with Gasteiger partial charge < -0.3 is 14.5 Å². The summed E-state index contributed by atoms with van der Waals surface area (Å²) >= 11 is 5.63.